The van der Waals surface area contributed by atoms with Crippen LogP contribution in [0.1, 0.15) is 5.69 Å². The largest absolute Gasteiger partial charge is 0.497 e. The molecule has 1 heterocycles. The minimum Gasteiger partial charge on any atom is -0.497 e. The second-order valence-corrected chi connectivity index (χ2v) is 5.87. The number of anilines is 1. The molecule has 2 aromatic carbocycles. The zero-order valence-corrected chi connectivity index (χ0v) is 14.8. The number of nitrogens with one attached hydrogen (secondary N) is 2. The van der Waals surface area contributed by atoms with Crippen molar-refractivity contribution < 1.29 is 9.53 Å². The molecule has 132 valence electrons. The second kappa shape index (κ2) is 8.31. The van der Waals surface area contributed by atoms with E-state index in [1.807, 2.05) is 30.3 Å². The summed E-state index contributed by atoms with van der Waals surface area (Å²) in [5.74, 6) is 0.781. The van der Waals surface area contributed by atoms with Crippen molar-refractivity contribution in [3.63, 3.8) is 0 Å². The van der Waals surface area contributed by atoms with E-state index in [1.165, 1.54) is 6.33 Å². The lowest BCUT2D eigenvalue weighted by Crippen LogP contribution is -2.28. The van der Waals surface area contributed by atoms with Crippen LogP contribution in [-0.2, 0) is 6.54 Å². The van der Waals surface area contributed by atoms with Crippen LogP contribution in [0.25, 0.3) is 11.3 Å². The van der Waals surface area contributed by atoms with Gasteiger partial charge in [0.1, 0.15) is 12.1 Å². The van der Waals surface area contributed by atoms with Crippen LogP contribution in [0.5, 0.6) is 5.75 Å². The molecule has 0 bridgehead atoms. The van der Waals surface area contributed by atoms with Crippen molar-refractivity contribution in [1.82, 2.24) is 15.3 Å². The van der Waals surface area contributed by atoms with E-state index < -0.39 is 0 Å². The average Bonchev–Trinajstić information content (AvgIpc) is 2.68. The summed E-state index contributed by atoms with van der Waals surface area (Å²) >= 11 is 5.82. The lowest BCUT2D eigenvalue weighted by atomic mass is 10.1. The molecule has 3 aromatic rings. The maximum Gasteiger partial charge on any atom is 0.319 e. The number of hydrogen-bond donors (Lipinski definition) is 2. The van der Waals surface area contributed by atoms with E-state index in [0.717, 1.165) is 17.0 Å². The molecule has 0 atom stereocenters. The van der Waals surface area contributed by atoms with Gasteiger partial charge in [0.15, 0.2) is 0 Å². The Morgan fingerprint density at radius 2 is 1.81 bits per heavy atom. The lowest BCUT2D eigenvalue weighted by Gasteiger charge is -2.08. The van der Waals surface area contributed by atoms with Gasteiger partial charge in [-0.2, -0.15) is 0 Å². The molecule has 0 saturated heterocycles. The number of aromatic nitrogens is 2. The summed E-state index contributed by atoms with van der Waals surface area (Å²) in [6, 6.07) is 16.0. The van der Waals surface area contributed by atoms with Crippen LogP contribution >= 0.6 is 11.6 Å². The number of nitrogens with zero attached hydrogens (tertiary/aromatic N) is 2. The summed E-state index contributed by atoms with van der Waals surface area (Å²) in [5, 5.41) is 6.11. The van der Waals surface area contributed by atoms with Crippen molar-refractivity contribution in [3.05, 3.63) is 71.6 Å². The second-order valence-electron chi connectivity index (χ2n) is 5.44. The van der Waals surface area contributed by atoms with Gasteiger partial charge in [0.05, 0.1) is 25.0 Å². The van der Waals surface area contributed by atoms with Crippen LogP contribution in [-0.4, -0.2) is 23.1 Å². The smallest absolute Gasteiger partial charge is 0.319 e. The molecule has 0 unspecified atom stereocenters. The van der Waals surface area contributed by atoms with Crippen molar-refractivity contribution in [3.8, 4) is 17.0 Å². The van der Waals surface area contributed by atoms with E-state index in [4.69, 9.17) is 16.3 Å². The van der Waals surface area contributed by atoms with Gasteiger partial charge in [-0.15, -0.1) is 0 Å². The number of amides is 2. The van der Waals surface area contributed by atoms with Gasteiger partial charge in [-0.25, -0.2) is 14.8 Å². The Bertz CT molecular complexity index is 883. The standard InChI is InChI=1S/C19H17ClN4O2/c1-26-17-8-2-13(3-9-17)18-10-16(22-12-23-18)11-21-19(25)24-15-6-4-14(20)5-7-15/h2-10,12H,11H2,1H3,(H2,21,24,25). The molecule has 2 amide bonds. The minimum absolute atomic E-state index is 0.283. The number of carbonyl (C=O) groups is 1. The SMILES string of the molecule is COc1ccc(-c2cc(CNC(=O)Nc3ccc(Cl)cc3)ncn2)cc1. The molecule has 7 heteroatoms. The van der Waals surface area contributed by atoms with Crippen molar-refractivity contribution in [2.24, 2.45) is 0 Å². The normalized spacial score (nSPS) is 10.2. The number of hydrogen-bond acceptors (Lipinski definition) is 4. The summed E-state index contributed by atoms with van der Waals surface area (Å²) in [6.45, 7) is 0.283. The summed E-state index contributed by atoms with van der Waals surface area (Å²) in [5.41, 5.74) is 3.09. The molecule has 3 rings (SSSR count). The van der Waals surface area contributed by atoms with E-state index in [-0.39, 0.29) is 12.6 Å². The molecule has 0 spiro atoms. The third kappa shape index (κ3) is 4.70. The van der Waals surface area contributed by atoms with Crippen molar-refractivity contribution in [2.45, 2.75) is 6.54 Å². The van der Waals surface area contributed by atoms with E-state index in [9.17, 15) is 4.79 Å². The van der Waals surface area contributed by atoms with Gasteiger partial charge in [-0.1, -0.05) is 11.6 Å². The number of carbonyl (C=O) groups excluding carboxylic acids is 1. The molecular weight excluding hydrogens is 352 g/mol. The maximum atomic E-state index is 12.0. The Labute approximate surface area is 156 Å². The fourth-order valence-corrected chi connectivity index (χ4v) is 2.42. The third-order valence-electron chi connectivity index (χ3n) is 3.64. The van der Waals surface area contributed by atoms with Gasteiger partial charge in [0, 0.05) is 16.3 Å². The monoisotopic (exact) mass is 368 g/mol. The first-order chi connectivity index (χ1) is 12.6. The Hall–Kier alpha value is -3.12. The maximum absolute atomic E-state index is 12.0. The number of methoxy groups -OCH3 is 1. The highest BCUT2D eigenvalue weighted by atomic mass is 35.5. The molecule has 0 aliphatic carbocycles. The molecule has 0 radical (unpaired) electrons. The summed E-state index contributed by atoms with van der Waals surface area (Å²) in [7, 11) is 1.62. The van der Waals surface area contributed by atoms with Gasteiger partial charge >= 0.3 is 6.03 Å². The highest BCUT2D eigenvalue weighted by molar-refractivity contribution is 6.30. The first-order valence-electron chi connectivity index (χ1n) is 7.90. The zero-order valence-electron chi connectivity index (χ0n) is 14.1. The Morgan fingerprint density at radius 3 is 2.50 bits per heavy atom. The van der Waals surface area contributed by atoms with Gasteiger partial charge in [-0.05, 0) is 54.6 Å². The first-order valence-corrected chi connectivity index (χ1v) is 8.27. The van der Waals surface area contributed by atoms with E-state index in [0.29, 0.717) is 16.4 Å². The highest BCUT2D eigenvalue weighted by Gasteiger charge is 2.05. The van der Waals surface area contributed by atoms with Gasteiger partial charge < -0.3 is 15.4 Å². The zero-order chi connectivity index (χ0) is 18.4. The van der Waals surface area contributed by atoms with Gasteiger partial charge in [-0.3, -0.25) is 0 Å². The summed E-state index contributed by atoms with van der Waals surface area (Å²) in [6.07, 6.45) is 1.48. The molecule has 0 fully saturated rings. The van der Waals surface area contributed by atoms with Crippen LogP contribution < -0.4 is 15.4 Å². The Balaban J connectivity index is 1.61. The predicted molar refractivity (Wildman–Crippen MR) is 101 cm³/mol. The first kappa shape index (κ1) is 17.7. The topological polar surface area (TPSA) is 76.1 Å². The van der Waals surface area contributed by atoms with E-state index in [1.54, 1.807) is 31.4 Å². The number of ether oxygens (including phenoxy) is 1. The molecule has 0 aliphatic heterocycles. The minimum atomic E-state index is -0.322. The van der Waals surface area contributed by atoms with Crippen molar-refractivity contribution in [2.75, 3.05) is 12.4 Å². The van der Waals surface area contributed by atoms with Crippen LogP contribution in [0.2, 0.25) is 5.02 Å². The molecule has 26 heavy (non-hydrogen) atoms. The lowest BCUT2D eigenvalue weighted by molar-refractivity contribution is 0.251. The average molecular weight is 369 g/mol. The van der Waals surface area contributed by atoms with Crippen LogP contribution in [0.4, 0.5) is 10.5 Å². The van der Waals surface area contributed by atoms with Crippen LogP contribution in [0.3, 0.4) is 0 Å². The number of rotatable bonds is 5. The molecular formula is C19H17ClN4O2. The Kier molecular flexibility index (Phi) is 5.66. The summed E-state index contributed by atoms with van der Waals surface area (Å²) in [4.78, 5) is 20.5. The molecule has 0 saturated carbocycles. The Morgan fingerprint density at radius 1 is 1.08 bits per heavy atom. The third-order valence-corrected chi connectivity index (χ3v) is 3.89. The molecule has 6 nitrogen and oxygen atoms in total. The molecule has 0 aliphatic rings. The van der Waals surface area contributed by atoms with E-state index >= 15 is 0 Å². The van der Waals surface area contributed by atoms with Crippen LogP contribution in [0.15, 0.2) is 60.9 Å². The van der Waals surface area contributed by atoms with E-state index in [2.05, 4.69) is 20.6 Å². The number of halogens is 1. The van der Waals surface area contributed by atoms with Gasteiger partial charge in [0.2, 0.25) is 0 Å². The highest BCUT2D eigenvalue weighted by Crippen LogP contribution is 2.20. The van der Waals surface area contributed by atoms with Crippen molar-refractivity contribution in [1.29, 1.82) is 0 Å². The fourth-order valence-electron chi connectivity index (χ4n) is 2.29. The number of urea groups is 1. The summed E-state index contributed by atoms with van der Waals surface area (Å²) < 4.78 is 5.15. The number of benzene rings is 2. The van der Waals surface area contributed by atoms with Crippen LogP contribution in [0, 0.1) is 0 Å². The van der Waals surface area contributed by atoms with Crippen molar-refractivity contribution >= 4 is 23.3 Å². The quantitative estimate of drug-likeness (QED) is 0.710. The molecule has 1 aromatic heterocycles. The molecule has 2 N–H and O–H groups in total. The predicted octanol–water partition coefficient (Wildman–Crippen LogP) is 4.13. The van der Waals surface area contributed by atoms with Gasteiger partial charge in [0.25, 0.3) is 0 Å². The fraction of sp³-hybridized carbons (Fsp3) is 0.105.